The van der Waals surface area contributed by atoms with Gasteiger partial charge in [-0.3, -0.25) is 4.98 Å². The van der Waals surface area contributed by atoms with E-state index in [1.54, 1.807) is 0 Å². The number of halogens is 5. The summed E-state index contributed by atoms with van der Waals surface area (Å²) in [6.07, 6.45) is -5.41. The molecule has 2 aromatic rings. The lowest BCUT2D eigenvalue weighted by Gasteiger charge is -2.16. The van der Waals surface area contributed by atoms with Gasteiger partial charge in [-0.15, -0.1) is 0 Å². The minimum atomic E-state index is -3.01. The molecule has 0 N–H and O–H groups in total. The van der Waals surface area contributed by atoms with Crippen molar-refractivity contribution in [2.75, 3.05) is 13.2 Å². The number of carbonyl (C=O) groups is 1. The van der Waals surface area contributed by atoms with Crippen molar-refractivity contribution >= 4 is 6.09 Å². The summed E-state index contributed by atoms with van der Waals surface area (Å²) in [7, 11) is 0. The van der Waals surface area contributed by atoms with Crippen molar-refractivity contribution < 1.29 is 31.5 Å². The molecule has 0 spiro atoms. The first-order chi connectivity index (χ1) is 12.4. The number of amides is 1. The molecule has 1 aromatic heterocycles. The molecule has 1 aromatic carbocycles. The van der Waals surface area contributed by atoms with Crippen molar-refractivity contribution in [3.05, 3.63) is 53.1 Å². The highest BCUT2D eigenvalue weighted by atomic mass is 19.3. The van der Waals surface area contributed by atoms with Crippen LogP contribution >= 0.6 is 0 Å². The lowest BCUT2D eigenvalue weighted by atomic mass is 10.0. The van der Waals surface area contributed by atoms with Crippen molar-refractivity contribution in [3.63, 3.8) is 0 Å². The molecule has 1 aliphatic heterocycles. The van der Waals surface area contributed by atoms with Crippen LogP contribution in [0, 0.1) is 5.82 Å². The van der Waals surface area contributed by atoms with Gasteiger partial charge in [-0.05, 0) is 29.3 Å². The summed E-state index contributed by atoms with van der Waals surface area (Å²) < 4.78 is 70.4. The second kappa shape index (κ2) is 7.27. The fraction of sp³-hybridized carbons (Fsp3) is 0.294. The summed E-state index contributed by atoms with van der Waals surface area (Å²) in [5.41, 5.74) is -0.756. The molecule has 0 saturated carbocycles. The predicted octanol–water partition coefficient (Wildman–Crippen LogP) is 4.72. The molecule has 0 unspecified atom stereocenters. The Morgan fingerprint density at radius 2 is 1.88 bits per heavy atom. The number of benzene rings is 1. The monoisotopic (exact) mass is 372 g/mol. The minimum Gasteiger partial charge on any atom is -0.448 e. The summed E-state index contributed by atoms with van der Waals surface area (Å²) in [6.45, 7) is 0.256. The second-order valence-electron chi connectivity index (χ2n) is 5.64. The van der Waals surface area contributed by atoms with Crippen LogP contribution in [0.5, 0.6) is 0 Å². The van der Waals surface area contributed by atoms with E-state index in [4.69, 9.17) is 4.74 Å². The number of ether oxygens (including phenoxy) is 1. The fourth-order valence-corrected chi connectivity index (χ4v) is 2.67. The van der Waals surface area contributed by atoms with Crippen molar-refractivity contribution in [1.82, 2.24) is 9.88 Å². The molecule has 0 bridgehead atoms. The van der Waals surface area contributed by atoms with Gasteiger partial charge in [-0.25, -0.2) is 26.7 Å². The summed E-state index contributed by atoms with van der Waals surface area (Å²) >= 11 is 0. The normalized spacial score (nSPS) is 14.4. The van der Waals surface area contributed by atoms with Crippen LogP contribution in [0.15, 0.2) is 30.5 Å². The predicted molar refractivity (Wildman–Crippen MR) is 81.3 cm³/mol. The smallest absolute Gasteiger partial charge is 0.410 e. The maximum Gasteiger partial charge on any atom is 0.410 e. The molecule has 4 nitrogen and oxygen atoms in total. The summed E-state index contributed by atoms with van der Waals surface area (Å²) in [5, 5.41) is 0. The van der Waals surface area contributed by atoms with E-state index >= 15 is 0 Å². The van der Waals surface area contributed by atoms with E-state index < -0.39 is 36.0 Å². The summed E-state index contributed by atoms with van der Waals surface area (Å²) in [5.74, 6) is -1.05. The first-order valence-electron chi connectivity index (χ1n) is 7.63. The van der Waals surface area contributed by atoms with Crippen LogP contribution in [0.3, 0.4) is 0 Å². The molecule has 3 rings (SSSR count). The van der Waals surface area contributed by atoms with Gasteiger partial charge in [0.15, 0.2) is 0 Å². The fourth-order valence-electron chi connectivity index (χ4n) is 2.67. The van der Waals surface area contributed by atoms with Gasteiger partial charge in [0.2, 0.25) is 0 Å². The average Bonchev–Trinajstić information content (AvgIpc) is 2.99. The number of hydrogen-bond acceptors (Lipinski definition) is 3. The van der Waals surface area contributed by atoms with Crippen molar-refractivity contribution in [1.29, 1.82) is 0 Å². The van der Waals surface area contributed by atoms with E-state index in [0.717, 1.165) is 18.3 Å². The lowest BCUT2D eigenvalue weighted by molar-refractivity contribution is 0.141. The molecule has 0 aliphatic carbocycles. The van der Waals surface area contributed by atoms with Gasteiger partial charge in [-0.2, -0.15) is 0 Å². The quantitative estimate of drug-likeness (QED) is 0.714. The van der Waals surface area contributed by atoms with Gasteiger partial charge in [0.05, 0.1) is 18.7 Å². The van der Waals surface area contributed by atoms with Crippen LogP contribution in [0.4, 0.5) is 26.7 Å². The maximum atomic E-state index is 13.4. The first-order valence-corrected chi connectivity index (χ1v) is 7.63. The van der Waals surface area contributed by atoms with E-state index in [1.165, 1.54) is 17.0 Å². The van der Waals surface area contributed by atoms with Gasteiger partial charge < -0.3 is 9.64 Å². The number of carbonyl (C=O) groups excluding carboxylic acids is 1. The number of cyclic esters (lactones) is 1. The highest BCUT2D eigenvalue weighted by Crippen LogP contribution is 2.31. The number of rotatable bonds is 5. The number of nitrogens with zero attached hydrogens (tertiary/aromatic N) is 2. The topological polar surface area (TPSA) is 42.4 Å². The molecule has 138 valence electrons. The van der Waals surface area contributed by atoms with Gasteiger partial charge in [0.25, 0.3) is 12.9 Å². The average molecular weight is 372 g/mol. The van der Waals surface area contributed by atoms with Crippen LogP contribution < -0.4 is 0 Å². The van der Waals surface area contributed by atoms with Crippen LogP contribution in [-0.2, 0) is 11.3 Å². The third-order valence-corrected chi connectivity index (χ3v) is 3.98. The van der Waals surface area contributed by atoms with Crippen molar-refractivity contribution in [2.45, 2.75) is 19.4 Å². The number of alkyl halides is 4. The number of aromatic nitrogens is 1. The minimum absolute atomic E-state index is 0.0688. The van der Waals surface area contributed by atoms with Gasteiger partial charge in [-0.1, -0.05) is 6.07 Å². The SMILES string of the molecule is O=C1OCCN1Cc1cc(-c2ccc(F)c(C(F)F)c2)cnc1C(F)F. The highest BCUT2D eigenvalue weighted by molar-refractivity contribution is 5.70. The van der Waals surface area contributed by atoms with Gasteiger partial charge in [0.1, 0.15) is 18.1 Å². The number of pyridine rings is 1. The molecular formula is C17H13F5N2O2. The Labute approximate surface area is 145 Å². The zero-order valence-corrected chi connectivity index (χ0v) is 13.3. The Bertz CT molecular complexity index is 829. The Balaban J connectivity index is 2.00. The van der Waals surface area contributed by atoms with E-state index in [2.05, 4.69) is 4.98 Å². The maximum absolute atomic E-state index is 13.4. The van der Waals surface area contributed by atoms with Gasteiger partial charge >= 0.3 is 6.09 Å². The Morgan fingerprint density at radius 3 is 2.50 bits per heavy atom. The summed E-state index contributed by atoms with van der Waals surface area (Å²) in [4.78, 5) is 16.5. The van der Waals surface area contributed by atoms with E-state index in [9.17, 15) is 26.7 Å². The summed E-state index contributed by atoms with van der Waals surface area (Å²) in [6, 6.07) is 4.43. The van der Waals surface area contributed by atoms with Crippen molar-refractivity contribution in [2.24, 2.45) is 0 Å². The molecule has 0 atom stereocenters. The highest BCUT2D eigenvalue weighted by Gasteiger charge is 2.25. The molecule has 0 radical (unpaired) electrons. The zero-order valence-electron chi connectivity index (χ0n) is 13.3. The van der Waals surface area contributed by atoms with Crippen LogP contribution in [-0.4, -0.2) is 29.1 Å². The molecule has 1 amide bonds. The standard InChI is InChI=1S/C17H13F5N2O2/c18-13-2-1-9(6-12(13)15(19)20)10-5-11(14(16(21)22)23-7-10)8-24-3-4-26-17(24)25/h1-2,5-7,15-16H,3-4,8H2. The lowest BCUT2D eigenvalue weighted by Crippen LogP contribution is -2.24. The molecule has 1 fully saturated rings. The van der Waals surface area contributed by atoms with E-state index in [-0.39, 0.29) is 36.4 Å². The number of hydrogen-bond donors (Lipinski definition) is 0. The Morgan fingerprint density at radius 1 is 1.12 bits per heavy atom. The first kappa shape index (κ1) is 18.1. The van der Waals surface area contributed by atoms with Crippen molar-refractivity contribution in [3.8, 4) is 11.1 Å². The zero-order chi connectivity index (χ0) is 18.8. The third kappa shape index (κ3) is 3.61. The molecule has 2 heterocycles. The molecule has 9 heteroatoms. The molecular weight excluding hydrogens is 359 g/mol. The third-order valence-electron chi connectivity index (χ3n) is 3.98. The van der Waals surface area contributed by atoms with Crippen LogP contribution in [0.25, 0.3) is 11.1 Å². The molecule has 26 heavy (non-hydrogen) atoms. The van der Waals surface area contributed by atoms with E-state index in [1.807, 2.05) is 0 Å². The van der Waals surface area contributed by atoms with E-state index in [0.29, 0.717) is 0 Å². The Hall–Kier alpha value is -2.71. The molecule has 1 saturated heterocycles. The Kier molecular flexibility index (Phi) is 5.06. The van der Waals surface area contributed by atoms with Gasteiger partial charge in [0, 0.05) is 11.8 Å². The second-order valence-corrected chi connectivity index (χ2v) is 5.64. The largest absolute Gasteiger partial charge is 0.448 e. The van der Waals surface area contributed by atoms with Crippen LogP contribution in [0.2, 0.25) is 0 Å². The van der Waals surface area contributed by atoms with Crippen LogP contribution in [0.1, 0.15) is 29.7 Å². The molecule has 1 aliphatic rings.